The number of esters is 1. The first-order valence-electron chi connectivity index (χ1n) is 12.7. The number of fused-ring (bicyclic) bond motifs is 3. The second-order valence-electron chi connectivity index (χ2n) is 9.43. The summed E-state index contributed by atoms with van der Waals surface area (Å²) in [5.41, 5.74) is 3.38. The Morgan fingerprint density at radius 3 is 2.34 bits per heavy atom. The van der Waals surface area contributed by atoms with Crippen molar-refractivity contribution >= 4 is 28.5 Å². The Kier molecular flexibility index (Phi) is 6.26. The summed E-state index contributed by atoms with van der Waals surface area (Å²) in [6.07, 6.45) is 4.01. The van der Waals surface area contributed by atoms with E-state index in [0.717, 1.165) is 53.9 Å². The zero-order valence-corrected chi connectivity index (χ0v) is 21.5. The third kappa shape index (κ3) is 4.07. The Morgan fingerprint density at radius 2 is 1.63 bits per heavy atom. The molecule has 0 amide bonds. The van der Waals surface area contributed by atoms with Crippen LogP contribution in [0.1, 0.15) is 27.0 Å². The average Bonchev–Trinajstić information content (AvgIpc) is 3.00. The Labute approximate surface area is 222 Å². The molecule has 2 aliphatic heterocycles. The molecule has 0 N–H and O–H groups in total. The van der Waals surface area contributed by atoms with Crippen LogP contribution in [0.15, 0.2) is 84.9 Å². The summed E-state index contributed by atoms with van der Waals surface area (Å²) in [6.45, 7) is 3.21. The molecule has 192 valence electrons. The van der Waals surface area contributed by atoms with Gasteiger partial charge in [0.05, 0.1) is 33.0 Å². The number of hydrogen-bond acceptors (Lipinski definition) is 6. The fourth-order valence-corrected chi connectivity index (χ4v) is 5.34. The van der Waals surface area contributed by atoms with Crippen molar-refractivity contribution in [3.8, 4) is 11.5 Å². The van der Waals surface area contributed by atoms with E-state index in [-0.39, 0.29) is 0 Å². The number of rotatable bonds is 5. The van der Waals surface area contributed by atoms with Gasteiger partial charge in [0.2, 0.25) is 0 Å². The third-order valence-corrected chi connectivity index (χ3v) is 7.37. The summed E-state index contributed by atoms with van der Waals surface area (Å²) in [4.78, 5) is 15.1. The molecule has 1 unspecified atom stereocenters. The second kappa shape index (κ2) is 9.88. The zero-order valence-electron chi connectivity index (χ0n) is 21.5. The van der Waals surface area contributed by atoms with Crippen molar-refractivity contribution < 1.29 is 23.7 Å². The Hall–Kier alpha value is -4.29. The van der Waals surface area contributed by atoms with E-state index in [1.54, 1.807) is 7.11 Å². The first-order valence-corrected chi connectivity index (χ1v) is 12.7. The lowest BCUT2D eigenvalue weighted by Gasteiger charge is -2.37. The highest BCUT2D eigenvalue weighted by atomic mass is 16.5. The lowest BCUT2D eigenvalue weighted by atomic mass is 9.82. The van der Waals surface area contributed by atoms with Gasteiger partial charge in [0.25, 0.3) is 0 Å². The van der Waals surface area contributed by atoms with Gasteiger partial charge in [0.15, 0.2) is 5.60 Å². The summed E-state index contributed by atoms with van der Waals surface area (Å²) < 4.78 is 23.2. The maximum atomic E-state index is 12.8. The van der Waals surface area contributed by atoms with Gasteiger partial charge in [-0.05, 0) is 47.9 Å². The minimum atomic E-state index is -0.900. The van der Waals surface area contributed by atoms with E-state index in [1.807, 2.05) is 54.6 Å². The van der Waals surface area contributed by atoms with E-state index < -0.39 is 11.6 Å². The molecule has 6 heteroatoms. The molecule has 6 rings (SSSR count). The first kappa shape index (κ1) is 24.1. The van der Waals surface area contributed by atoms with Crippen LogP contribution >= 0.6 is 0 Å². The van der Waals surface area contributed by atoms with Crippen LogP contribution in [0, 0.1) is 0 Å². The molecule has 38 heavy (non-hydrogen) atoms. The molecule has 0 aliphatic carbocycles. The molecular formula is C32H29NO5. The molecule has 0 saturated carbocycles. The number of methoxy groups -OCH3 is 2. The van der Waals surface area contributed by atoms with Crippen molar-refractivity contribution in [2.45, 2.75) is 5.60 Å². The van der Waals surface area contributed by atoms with Gasteiger partial charge in [-0.1, -0.05) is 48.5 Å². The summed E-state index contributed by atoms with van der Waals surface area (Å²) in [5, 5.41) is 1.73. The van der Waals surface area contributed by atoms with Gasteiger partial charge in [-0.2, -0.15) is 0 Å². The van der Waals surface area contributed by atoms with Crippen molar-refractivity contribution in [1.82, 2.24) is 0 Å². The predicted molar refractivity (Wildman–Crippen MR) is 148 cm³/mol. The normalized spacial score (nSPS) is 18.5. The van der Waals surface area contributed by atoms with Crippen LogP contribution in [0.5, 0.6) is 11.5 Å². The topological polar surface area (TPSA) is 57.2 Å². The fourth-order valence-electron chi connectivity index (χ4n) is 5.34. The summed E-state index contributed by atoms with van der Waals surface area (Å²) in [5.74, 6) is 0.920. The van der Waals surface area contributed by atoms with Gasteiger partial charge in [-0.15, -0.1) is 0 Å². The summed E-state index contributed by atoms with van der Waals surface area (Å²) >= 11 is 0. The predicted octanol–water partition coefficient (Wildman–Crippen LogP) is 5.82. The monoisotopic (exact) mass is 507 g/mol. The van der Waals surface area contributed by atoms with Crippen LogP contribution in [0.25, 0.3) is 16.8 Å². The Morgan fingerprint density at radius 1 is 0.895 bits per heavy atom. The van der Waals surface area contributed by atoms with E-state index in [4.69, 9.17) is 18.9 Å². The van der Waals surface area contributed by atoms with Crippen molar-refractivity contribution in [2.75, 3.05) is 45.4 Å². The third-order valence-electron chi connectivity index (χ3n) is 7.37. The van der Waals surface area contributed by atoms with Gasteiger partial charge >= 0.3 is 5.97 Å². The Bertz CT molecular complexity index is 1510. The minimum Gasteiger partial charge on any atom is -0.497 e. The quantitative estimate of drug-likeness (QED) is 0.317. The summed E-state index contributed by atoms with van der Waals surface area (Å²) in [7, 11) is 3.03. The SMILES string of the molecule is COC(=O)c1cc2ccc(OC)cc2c2c1C=CC(c1ccccc1)(c1ccc(N3CCOCC3)cc1)O2. The largest absolute Gasteiger partial charge is 0.497 e. The molecule has 1 saturated heterocycles. The van der Waals surface area contributed by atoms with Crippen molar-refractivity contribution in [3.05, 3.63) is 107 Å². The average molecular weight is 508 g/mol. The summed E-state index contributed by atoms with van der Waals surface area (Å²) in [6, 6.07) is 26.3. The molecule has 4 aromatic carbocycles. The van der Waals surface area contributed by atoms with Gasteiger partial charge in [-0.3, -0.25) is 0 Å². The van der Waals surface area contributed by atoms with E-state index in [1.165, 1.54) is 7.11 Å². The number of hydrogen-bond donors (Lipinski definition) is 0. The van der Waals surface area contributed by atoms with Crippen LogP contribution < -0.4 is 14.4 Å². The molecule has 2 aliphatic rings. The molecular weight excluding hydrogens is 478 g/mol. The van der Waals surface area contributed by atoms with Gasteiger partial charge in [0, 0.05) is 40.9 Å². The zero-order chi connectivity index (χ0) is 26.1. The van der Waals surface area contributed by atoms with Gasteiger partial charge < -0.3 is 23.8 Å². The minimum absolute atomic E-state index is 0.408. The van der Waals surface area contributed by atoms with E-state index >= 15 is 0 Å². The highest BCUT2D eigenvalue weighted by Gasteiger charge is 2.39. The fraction of sp³-hybridized carbons (Fsp3) is 0.219. The highest BCUT2D eigenvalue weighted by molar-refractivity contribution is 6.04. The van der Waals surface area contributed by atoms with Crippen LogP contribution in [0.3, 0.4) is 0 Å². The van der Waals surface area contributed by atoms with Crippen molar-refractivity contribution in [1.29, 1.82) is 0 Å². The number of benzene rings is 4. The van der Waals surface area contributed by atoms with Crippen molar-refractivity contribution in [3.63, 3.8) is 0 Å². The number of carbonyl (C=O) groups is 1. The maximum absolute atomic E-state index is 12.8. The van der Waals surface area contributed by atoms with Crippen LogP contribution in [-0.2, 0) is 15.1 Å². The smallest absolute Gasteiger partial charge is 0.338 e. The van der Waals surface area contributed by atoms with Crippen LogP contribution in [0.2, 0.25) is 0 Å². The van der Waals surface area contributed by atoms with Crippen LogP contribution in [0.4, 0.5) is 5.69 Å². The number of ether oxygens (including phenoxy) is 4. The molecule has 6 nitrogen and oxygen atoms in total. The van der Waals surface area contributed by atoms with Gasteiger partial charge in [-0.25, -0.2) is 4.79 Å². The molecule has 4 aromatic rings. The highest BCUT2D eigenvalue weighted by Crippen LogP contribution is 2.47. The number of nitrogens with zero attached hydrogens (tertiary/aromatic N) is 1. The van der Waals surface area contributed by atoms with Gasteiger partial charge in [0.1, 0.15) is 11.5 Å². The maximum Gasteiger partial charge on any atom is 0.338 e. The molecule has 2 heterocycles. The van der Waals surface area contributed by atoms with Crippen molar-refractivity contribution in [2.24, 2.45) is 0 Å². The molecule has 1 atom stereocenters. The van der Waals surface area contributed by atoms with Crippen LogP contribution in [-0.4, -0.2) is 46.5 Å². The lowest BCUT2D eigenvalue weighted by molar-refractivity contribution is 0.0599. The molecule has 0 aromatic heterocycles. The standard InChI is InChI=1S/C32H29NO5/c1-35-26-13-8-22-20-29(31(34)36-2)27-14-15-32(23-6-4-3-5-7-23,38-30(27)28(22)21-26)24-9-11-25(12-10-24)33-16-18-37-19-17-33/h3-15,20-21H,16-19H2,1-2H3. The number of carbonyl (C=O) groups excluding carboxylic acids is 1. The van der Waals surface area contributed by atoms with E-state index in [2.05, 4.69) is 41.3 Å². The second-order valence-corrected chi connectivity index (χ2v) is 9.43. The number of anilines is 1. The Balaban J connectivity index is 1.54. The molecule has 1 fully saturated rings. The molecule has 0 spiro atoms. The first-order chi connectivity index (χ1) is 18.6. The number of morpholine rings is 1. The molecule has 0 bridgehead atoms. The van der Waals surface area contributed by atoms with E-state index in [0.29, 0.717) is 22.6 Å². The molecule has 0 radical (unpaired) electrons. The van der Waals surface area contributed by atoms with E-state index in [9.17, 15) is 4.79 Å². The lowest BCUT2D eigenvalue weighted by Crippen LogP contribution is -2.37.